The van der Waals surface area contributed by atoms with Crippen LogP contribution >= 0.6 is 0 Å². The maximum Gasteiger partial charge on any atom is 0.335 e. The van der Waals surface area contributed by atoms with Gasteiger partial charge >= 0.3 is 5.97 Å². The Kier molecular flexibility index (Phi) is 8.58. The first-order chi connectivity index (χ1) is 17.2. The maximum atomic E-state index is 12.1. The van der Waals surface area contributed by atoms with E-state index in [1.807, 2.05) is 55.5 Å². The van der Waals surface area contributed by atoms with E-state index in [9.17, 15) is 4.79 Å². The second-order valence-corrected chi connectivity index (χ2v) is 8.24. The first-order valence-corrected chi connectivity index (χ1v) is 12.2. The Balaban J connectivity index is 1.39. The molecule has 5 heteroatoms. The van der Waals surface area contributed by atoms with Crippen LogP contribution in [0.25, 0.3) is 5.57 Å². The highest BCUT2D eigenvalue weighted by Gasteiger charge is 2.21. The van der Waals surface area contributed by atoms with Crippen molar-refractivity contribution in [3.8, 4) is 11.5 Å². The molecule has 0 saturated heterocycles. The molecule has 0 radical (unpaired) electrons. The molecule has 3 aromatic carbocycles. The maximum absolute atomic E-state index is 12.1. The van der Waals surface area contributed by atoms with E-state index in [1.165, 1.54) is 16.7 Å². The standard InChI is InChI=1S/C30H32O5/c1-3-32-29(30(31)33-4-2)20-22-15-17-24(18-16-22)34-19-9-13-26-25-11-6-5-10-23(25)21-35-28-14-8-7-12-27(26)28/h5-8,10-18,29H,3-4,9,19-21H2,1-2H3/b26-13-. The third-order valence-corrected chi connectivity index (χ3v) is 5.86. The molecule has 182 valence electrons. The number of carbonyl (C=O) groups excluding carboxylic acids is 1. The number of hydrogen-bond acceptors (Lipinski definition) is 5. The van der Waals surface area contributed by atoms with Gasteiger partial charge < -0.3 is 18.9 Å². The first kappa shape index (κ1) is 24.6. The molecule has 3 aromatic rings. The second kappa shape index (κ2) is 12.2. The lowest BCUT2D eigenvalue weighted by molar-refractivity contribution is -0.156. The van der Waals surface area contributed by atoms with Gasteiger partial charge in [0, 0.05) is 25.0 Å². The van der Waals surface area contributed by atoms with Crippen molar-refractivity contribution < 1.29 is 23.7 Å². The molecule has 0 fully saturated rings. The summed E-state index contributed by atoms with van der Waals surface area (Å²) < 4.78 is 22.7. The number of esters is 1. The minimum absolute atomic E-state index is 0.324. The average molecular weight is 473 g/mol. The van der Waals surface area contributed by atoms with Crippen molar-refractivity contribution in [2.24, 2.45) is 0 Å². The molecule has 1 atom stereocenters. The minimum Gasteiger partial charge on any atom is -0.493 e. The predicted octanol–water partition coefficient (Wildman–Crippen LogP) is 5.99. The Bertz CT molecular complexity index is 1100. The molecule has 0 spiro atoms. The molecule has 1 aliphatic rings. The quantitative estimate of drug-likeness (QED) is 0.268. The number of ether oxygens (including phenoxy) is 4. The minimum atomic E-state index is -0.590. The van der Waals surface area contributed by atoms with Crippen LogP contribution in [-0.2, 0) is 27.3 Å². The number of rotatable bonds is 10. The van der Waals surface area contributed by atoms with Crippen LogP contribution in [0.4, 0.5) is 0 Å². The SMILES string of the molecule is CCOC(=O)C(Cc1ccc(OCC/C=C2/c3ccccc3COc3ccccc32)cc1)OCC. The second-order valence-electron chi connectivity index (χ2n) is 8.24. The van der Waals surface area contributed by atoms with Gasteiger partial charge in [-0.1, -0.05) is 60.7 Å². The van der Waals surface area contributed by atoms with Crippen LogP contribution in [0.2, 0.25) is 0 Å². The zero-order valence-corrected chi connectivity index (χ0v) is 20.4. The van der Waals surface area contributed by atoms with Crippen LogP contribution < -0.4 is 9.47 Å². The van der Waals surface area contributed by atoms with Gasteiger partial charge in [-0.05, 0) is 54.3 Å². The summed E-state index contributed by atoms with van der Waals surface area (Å²) >= 11 is 0. The fraction of sp³-hybridized carbons (Fsp3) is 0.300. The van der Waals surface area contributed by atoms with Crippen molar-refractivity contribution >= 4 is 11.5 Å². The number of benzene rings is 3. The monoisotopic (exact) mass is 472 g/mol. The Morgan fingerprint density at radius 1 is 0.943 bits per heavy atom. The lowest BCUT2D eigenvalue weighted by Gasteiger charge is -2.15. The highest BCUT2D eigenvalue weighted by atomic mass is 16.6. The number of fused-ring (bicyclic) bond motifs is 2. The van der Waals surface area contributed by atoms with Crippen LogP contribution in [-0.4, -0.2) is 31.9 Å². The lowest BCUT2D eigenvalue weighted by Crippen LogP contribution is -2.28. The summed E-state index contributed by atoms with van der Waals surface area (Å²) in [6.07, 6.45) is 2.87. The van der Waals surface area contributed by atoms with Gasteiger partial charge in [-0.2, -0.15) is 0 Å². The molecule has 0 amide bonds. The summed E-state index contributed by atoms with van der Waals surface area (Å²) in [5, 5.41) is 0. The van der Waals surface area contributed by atoms with Gasteiger partial charge in [0.05, 0.1) is 13.2 Å². The summed E-state index contributed by atoms with van der Waals surface area (Å²) in [6.45, 7) is 5.59. The van der Waals surface area contributed by atoms with Crippen LogP contribution in [0.3, 0.4) is 0 Å². The van der Waals surface area contributed by atoms with Crippen molar-refractivity contribution in [2.45, 2.75) is 39.4 Å². The molecule has 1 heterocycles. The van der Waals surface area contributed by atoms with Gasteiger partial charge in [-0.25, -0.2) is 4.79 Å². The smallest absolute Gasteiger partial charge is 0.335 e. The van der Waals surface area contributed by atoms with E-state index < -0.39 is 6.10 Å². The molecule has 1 unspecified atom stereocenters. The highest BCUT2D eigenvalue weighted by Crippen LogP contribution is 2.36. The van der Waals surface area contributed by atoms with Crippen LogP contribution in [0.15, 0.2) is 78.9 Å². The first-order valence-electron chi connectivity index (χ1n) is 12.2. The molecule has 0 aromatic heterocycles. The number of para-hydroxylation sites is 1. The van der Waals surface area contributed by atoms with Crippen molar-refractivity contribution in [1.82, 2.24) is 0 Å². The summed E-state index contributed by atoms with van der Waals surface area (Å²) in [5.74, 6) is 1.37. The van der Waals surface area contributed by atoms with Crippen molar-refractivity contribution in [3.05, 3.63) is 101 Å². The van der Waals surface area contributed by atoms with Gasteiger partial charge in [0.2, 0.25) is 0 Å². The van der Waals surface area contributed by atoms with E-state index in [-0.39, 0.29) is 5.97 Å². The van der Waals surface area contributed by atoms with Gasteiger partial charge in [0.25, 0.3) is 0 Å². The average Bonchev–Trinajstić information content (AvgIpc) is 3.04. The lowest BCUT2D eigenvalue weighted by atomic mass is 9.93. The van der Waals surface area contributed by atoms with E-state index in [2.05, 4.69) is 30.3 Å². The zero-order valence-electron chi connectivity index (χ0n) is 20.4. The molecule has 0 N–H and O–H groups in total. The third kappa shape index (κ3) is 6.31. The predicted molar refractivity (Wildman–Crippen MR) is 137 cm³/mol. The summed E-state index contributed by atoms with van der Waals surface area (Å²) in [6, 6.07) is 24.3. The van der Waals surface area contributed by atoms with E-state index in [0.29, 0.717) is 32.8 Å². The zero-order chi connectivity index (χ0) is 24.5. The van der Waals surface area contributed by atoms with Gasteiger partial charge in [0.15, 0.2) is 6.10 Å². The van der Waals surface area contributed by atoms with E-state index >= 15 is 0 Å². The topological polar surface area (TPSA) is 54.0 Å². The van der Waals surface area contributed by atoms with E-state index in [4.69, 9.17) is 18.9 Å². The fourth-order valence-electron chi connectivity index (χ4n) is 4.21. The van der Waals surface area contributed by atoms with Gasteiger partial charge in [0.1, 0.15) is 18.1 Å². The molecular weight excluding hydrogens is 440 g/mol. The molecule has 4 rings (SSSR count). The fourth-order valence-corrected chi connectivity index (χ4v) is 4.21. The highest BCUT2D eigenvalue weighted by molar-refractivity contribution is 5.84. The third-order valence-electron chi connectivity index (χ3n) is 5.86. The Morgan fingerprint density at radius 3 is 2.46 bits per heavy atom. The van der Waals surface area contributed by atoms with Gasteiger partial charge in [-0.15, -0.1) is 0 Å². The molecule has 5 nitrogen and oxygen atoms in total. The summed E-state index contributed by atoms with van der Waals surface area (Å²) in [7, 11) is 0. The Labute approximate surface area is 207 Å². The molecular formula is C30H32O5. The summed E-state index contributed by atoms with van der Waals surface area (Å²) in [4.78, 5) is 12.1. The van der Waals surface area contributed by atoms with E-state index in [1.54, 1.807) is 6.92 Å². The molecule has 0 bridgehead atoms. The molecule has 0 saturated carbocycles. The van der Waals surface area contributed by atoms with Gasteiger partial charge in [-0.3, -0.25) is 0 Å². The van der Waals surface area contributed by atoms with Crippen LogP contribution in [0, 0.1) is 0 Å². The molecule has 35 heavy (non-hydrogen) atoms. The Morgan fingerprint density at radius 2 is 1.69 bits per heavy atom. The molecule has 1 aliphatic heterocycles. The van der Waals surface area contributed by atoms with Crippen molar-refractivity contribution in [2.75, 3.05) is 19.8 Å². The van der Waals surface area contributed by atoms with Crippen LogP contribution in [0.5, 0.6) is 11.5 Å². The van der Waals surface area contributed by atoms with Crippen molar-refractivity contribution in [1.29, 1.82) is 0 Å². The Hall–Kier alpha value is -3.57. The number of carbonyl (C=O) groups is 1. The van der Waals surface area contributed by atoms with Crippen LogP contribution in [0.1, 0.15) is 42.5 Å². The van der Waals surface area contributed by atoms with Crippen molar-refractivity contribution in [3.63, 3.8) is 0 Å². The largest absolute Gasteiger partial charge is 0.493 e. The normalized spacial score (nSPS) is 14.3. The number of hydrogen-bond donors (Lipinski definition) is 0. The molecule has 0 aliphatic carbocycles. The summed E-state index contributed by atoms with van der Waals surface area (Å²) in [5.41, 5.74) is 5.66. The van der Waals surface area contributed by atoms with E-state index in [0.717, 1.165) is 29.0 Å².